The zero-order valence-corrected chi connectivity index (χ0v) is 18.3. The molecule has 0 atom stereocenters. The van der Waals surface area contributed by atoms with Crippen molar-refractivity contribution in [3.63, 3.8) is 0 Å². The maximum Gasteiger partial charge on any atom is 0.573 e. The van der Waals surface area contributed by atoms with E-state index in [4.69, 9.17) is 9.15 Å². The molecule has 3 aromatic carbocycles. The van der Waals surface area contributed by atoms with Crippen LogP contribution in [0.4, 0.5) is 24.5 Å². The van der Waals surface area contributed by atoms with E-state index in [1.165, 1.54) is 42.7 Å². The molecule has 0 saturated carbocycles. The van der Waals surface area contributed by atoms with Crippen LogP contribution in [0, 0.1) is 0 Å². The number of benzene rings is 3. The van der Waals surface area contributed by atoms with Crippen LogP contribution in [-0.4, -0.2) is 24.8 Å². The van der Waals surface area contributed by atoms with E-state index < -0.39 is 23.9 Å². The molecule has 0 fully saturated rings. The zero-order chi connectivity index (χ0) is 25.7. The van der Waals surface area contributed by atoms with Gasteiger partial charge in [-0.15, -0.1) is 13.2 Å². The van der Waals surface area contributed by atoms with Crippen molar-refractivity contribution in [1.29, 1.82) is 0 Å². The number of anilines is 2. The topological polar surface area (TPSA) is 107 Å². The molecule has 184 valence electrons. The SMILES string of the molecule is O=C(COc1ccc2c(=O)ccoc2c1)Nc1cccc(NC(=O)c2ccc(OC(F)(F)F)cc2)c1. The van der Waals surface area contributed by atoms with Crippen molar-refractivity contribution in [2.24, 2.45) is 0 Å². The number of alkyl halides is 3. The van der Waals surface area contributed by atoms with Crippen LogP contribution in [-0.2, 0) is 4.79 Å². The van der Waals surface area contributed by atoms with Gasteiger partial charge in [-0.3, -0.25) is 14.4 Å². The molecule has 36 heavy (non-hydrogen) atoms. The van der Waals surface area contributed by atoms with Crippen LogP contribution in [0.1, 0.15) is 10.4 Å². The van der Waals surface area contributed by atoms with Crippen LogP contribution >= 0.6 is 0 Å². The predicted octanol–water partition coefficient (Wildman–Crippen LogP) is 4.96. The van der Waals surface area contributed by atoms with Crippen LogP contribution in [0.5, 0.6) is 11.5 Å². The van der Waals surface area contributed by atoms with E-state index >= 15 is 0 Å². The largest absolute Gasteiger partial charge is 0.573 e. The van der Waals surface area contributed by atoms with Crippen LogP contribution in [0.25, 0.3) is 11.0 Å². The molecule has 8 nitrogen and oxygen atoms in total. The third kappa shape index (κ3) is 6.41. The predicted molar refractivity (Wildman–Crippen MR) is 124 cm³/mol. The molecule has 2 amide bonds. The molecule has 4 aromatic rings. The maximum atomic E-state index is 12.4. The number of carbonyl (C=O) groups is 2. The second kappa shape index (κ2) is 10.2. The monoisotopic (exact) mass is 498 g/mol. The molecule has 4 rings (SSSR count). The minimum absolute atomic E-state index is 0.110. The van der Waals surface area contributed by atoms with Crippen LogP contribution < -0.4 is 25.5 Å². The third-order valence-electron chi connectivity index (χ3n) is 4.76. The molecule has 0 aliphatic heterocycles. The van der Waals surface area contributed by atoms with Gasteiger partial charge < -0.3 is 24.5 Å². The van der Waals surface area contributed by atoms with Crippen molar-refractivity contribution in [2.45, 2.75) is 6.36 Å². The number of fused-ring (bicyclic) bond motifs is 1. The molecule has 0 bridgehead atoms. The first-order valence-corrected chi connectivity index (χ1v) is 10.4. The fourth-order valence-electron chi connectivity index (χ4n) is 3.18. The van der Waals surface area contributed by atoms with Gasteiger partial charge in [-0.25, -0.2) is 0 Å². The number of ether oxygens (including phenoxy) is 2. The Labute approximate surface area is 201 Å². The standard InChI is InChI=1S/C25H17F3N2O6/c26-25(27,28)36-18-6-4-15(5-7-18)24(33)30-17-3-1-2-16(12-17)29-23(32)14-35-19-8-9-20-21(31)10-11-34-22(20)13-19/h1-13H,14H2,(H,29,32)(H,30,33). The van der Waals surface area contributed by atoms with Crippen molar-refractivity contribution in [1.82, 2.24) is 0 Å². The Morgan fingerprint density at radius 1 is 0.861 bits per heavy atom. The third-order valence-corrected chi connectivity index (χ3v) is 4.76. The highest BCUT2D eigenvalue weighted by atomic mass is 19.4. The number of hydrogen-bond acceptors (Lipinski definition) is 6. The van der Waals surface area contributed by atoms with E-state index in [0.29, 0.717) is 28.1 Å². The van der Waals surface area contributed by atoms with Gasteiger partial charge in [-0.2, -0.15) is 0 Å². The van der Waals surface area contributed by atoms with Gasteiger partial charge in [0.25, 0.3) is 11.8 Å². The van der Waals surface area contributed by atoms with Gasteiger partial charge in [0.15, 0.2) is 12.0 Å². The summed E-state index contributed by atoms with van der Waals surface area (Å²) in [5, 5.41) is 5.62. The lowest BCUT2D eigenvalue weighted by Gasteiger charge is -2.11. The molecule has 0 unspecified atom stereocenters. The van der Waals surface area contributed by atoms with Crippen LogP contribution in [0.15, 0.2) is 88.3 Å². The Kier molecular flexibility index (Phi) is 6.91. The quantitative estimate of drug-likeness (QED) is 0.373. The van der Waals surface area contributed by atoms with E-state index in [1.54, 1.807) is 24.3 Å². The highest BCUT2D eigenvalue weighted by molar-refractivity contribution is 6.04. The van der Waals surface area contributed by atoms with Gasteiger partial charge in [0, 0.05) is 29.1 Å². The highest BCUT2D eigenvalue weighted by Crippen LogP contribution is 2.23. The summed E-state index contributed by atoms with van der Waals surface area (Å²) in [6.07, 6.45) is -3.56. The molecule has 1 aromatic heterocycles. The summed E-state index contributed by atoms with van der Waals surface area (Å²) in [6, 6.07) is 16.6. The minimum Gasteiger partial charge on any atom is -0.484 e. The van der Waals surface area contributed by atoms with Crippen molar-refractivity contribution in [2.75, 3.05) is 17.2 Å². The van der Waals surface area contributed by atoms with Gasteiger partial charge in [0.1, 0.15) is 17.1 Å². The molecular formula is C25H17F3N2O6. The van der Waals surface area contributed by atoms with Gasteiger partial charge in [-0.05, 0) is 54.6 Å². The lowest BCUT2D eigenvalue weighted by atomic mass is 10.2. The molecule has 1 heterocycles. The number of nitrogens with one attached hydrogen (secondary N) is 2. The minimum atomic E-state index is -4.83. The van der Waals surface area contributed by atoms with E-state index in [0.717, 1.165) is 12.1 Å². The lowest BCUT2D eigenvalue weighted by molar-refractivity contribution is -0.274. The molecule has 0 aliphatic carbocycles. The second-order valence-corrected chi connectivity index (χ2v) is 7.39. The van der Waals surface area contributed by atoms with Crippen LogP contribution in [0.3, 0.4) is 0 Å². The summed E-state index contributed by atoms with van der Waals surface area (Å²) < 4.78 is 51.3. The number of halogens is 3. The maximum absolute atomic E-state index is 12.4. The normalized spacial score (nSPS) is 11.1. The molecule has 2 N–H and O–H groups in total. The highest BCUT2D eigenvalue weighted by Gasteiger charge is 2.31. The molecule has 0 radical (unpaired) electrons. The Bertz CT molecular complexity index is 1470. The summed E-state index contributed by atoms with van der Waals surface area (Å²) in [6.45, 7) is -0.328. The van der Waals surface area contributed by atoms with Gasteiger partial charge in [-0.1, -0.05) is 6.07 Å². The fraction of sp³-hybridized carbons (Fsp3) is 0.0800. The molecule has 0 saturated heterocycles. The lowest BCUT2D eigenvalue weighted by Crippen LogP contribution is -2.20. The second-order valence-electron chi connectivity index (χ2n) is 7.39. The van der Waals surface area contributed by atoms with Gasteiger partial charge in [0.2, 0.25) is 0 Å². The molecule has 0 spiro atoms. The van der Waals surface area contributed by atoms with E-state index in [9.17, 15) is 27.6 Å². The molecular weight excluding hydrogens is 481 g/mol. The van der Waals surface area contributed by atoms with Crippen molar-refractivity contribution in [3.8, 4) is 11.5 Å². The van der Waals surface area contributed by atoms with Crippen molar-refractivity contribution >= 4 is 34.2 Å². The first kappa shape index (κ1) is 24.3. The Morgan fingerprint density at radius 3 is 2.28 bits per heavy atom. The fourth-order valence-corrected chi connectivity index (χ4v) is 3.18. The van der Waals surface area contributed by atoms with E-state index in [2.05, 4.69) is 15.4 Å². The average molecular weight is 498 g/mol. The van der Waals surface area contributed by atoms with E-state index in [1.807, 2.05) is 0 Å². The summed E-state index contributed by atoms with van der Waals surface area (Å²) in [5.41, 5.74) is 0.962. The zero-order valence-electron chi connectivity index (χ0n) is 18.3. The number of amides is 2. The first-order valence-electron chi connectivity index (χ1n) is 10.4. The molecule has 0 aliphatic rings. The van der Waals surface area contributed by atoms with Crippen molar-refractivity contribution in [3.05, 3.63) is 94.8 Å². The number of hydrogen-bond donors (Lipinski definition) is 2. The van der Waals surface area contributed by atoms with Gasteiger partial charge in [0.05, 0.1) is 11.6 Å². The summed E-state index contributed by atoms with van der Waals surface area (Å²) in [4.78, 5) is 36.5. The van der Waals surface area contributed by atoms with Gasteiger partial charge >= 0.3 is 6.36 Å². The average Bonchev–Trinajstić information content (AvgIpc) is 2.82. The summed E-state index contributed by atoms with van der Waals surface area (Å²) in [5.74, 6) is -1.16. The first-order chi connectivity index (χ1) is 17.2. The Balaban J connectivity index is 1.33. The Morgan fingerprint density at radius 2 is 1.56 bits per heavy atom. The number of carbonyl (C=O) groups excluding carboxylic acids is 2. The summed E-state index contributed by atoms with van der Waals surface area (Å²) >= 11 is 0. The number of rotatable bonds is 7. The summed E-state index contributed by atoms with van der Waals surface area (Å²) in [7, 11) is 0. The van der Waals surface area contributed by atoms with Crippen molar-refractivity contribution < 1.29 is 36.7 Å². The van der Waals surface area contributed by atoms with Crippen LogP contribution in [0.2, 0.25) is 0 Å². The smallest absolute Gasteiger partial charge is 0.484 e. The molecule has 11 heteroatoms. The Hall–Kier alpha value is -4.80. The van der Waals surface area contributed by atoms with E-state index in [-0.39, 0.29) is 17.6 Å².